The number of rotatable bonds is 7. The van der Waals surface area contributed by atoms with E-state index in [-0.39, 0.29) is 6.10 Å². The summed E-state index contributed by atoms with van der Waals surface area (Å²) in [7, 11) is -0.787. The molecule has 2 unspecified atom stereocenters. The van der Waals surface area contributed by atoms with Crippen LogP contribution in [0.1, 0.15) is 20.8 Å². The molecule has 80 valence electrons. The largest absolute Gasteiger partial charge is 0.376 e. The normalized spacial score (nSPS) is 16.1. The van der Waals surface area contributed by atoms with Crippen LogP contribution in [0.25, 0.3) is 0 Å². The topological polar surface area (TPSA) is 52.3 Å². The summed E-state index contributed by atoms with van der Waals surface area (Å²) in [5, 5.41) is 0. The first-order valence-corrected chi connectivity index (χ1v) is 6.25. The highest BCUT2D eigenvalue weighted by Gasteiger charge is 2.11. The first kappa shape index (κ1) is 13.1. The molecule has 0 bridgehead atoms. The average Bonchev–Trinajstić information content (AvgIpc) is 2.02. The predicted molar refractivity (Wildman–Crippen MR) is 57.2 cm³/mol. The summed E-state index contributed by atoms with van der Waals surface area (Å²) in [5.74, 6) is 1.78. The fraction of sp³-hybridized carbons (Fsp3) is 1.00. The van der Waals surface area contributed by atoms with Crippen molar-refractivity contribution in [2.75, 3.05) is 24.7 Å². The van der Waals surface area contributed by atoms with Gasteiger partial charge in [0.05, 0.1) is 11.9 Å². The van der Waals surface area contributed by atoms with Crippen LogP contribution in [0.3, 0.4) is 0 Å². The molecule has 0 amide bonds. The SMILES string of the molecule is CCOC(CN)CS(=O)CC(C)C. The third-order valence-corrected chi connectivity index (χ3v) is 3.34. The molecule has 0 saturated carbocycles. The van der Waals surface area contributed by atoms with Gasteiger partial charge in [-0.15, -0.1) is 0 Å². The molecule has 0 radical (unpaired) electrons. The Kier molecular flexibility index (Phi) is 7.51. The zero-order valence-corrected chi connectivity index (χ0v) is 9.60. The molecule has 0 aliphatic carbocycles. The highest BCUT2D eigenvalue weighted by atomic mass is 32.2. The molecule has 0 aromatic heterocycles. The first-order valence-electron chi connectivity index (χ1n) is 4.76. The summed E-state index contributed by atoms with van der Waals surface area (Å²) in [6.07, 6.45) is -0.0374. The van der Waals surface area contributed by atoms with Gasteiger partial charge in [-0.1, -0.05) is 13.8 Å². The maximum absolute atomic E-state index is 11.5. The molecular weight excluding hydrogens is 186 g/mol. The standard InChI is InChI=1S/C9H21NO2S/c1-4-12-9(5-10)7-13(11)6-8(2)3/h8-9H,4-7,10H2,1-3H3. The van der Waals surface area contributed by atoms with E-state index in [0.717, 1.165) is 5.75 Å². The molecule has 0 saturated heterocycles. The Morgan fingerprint density at radius 1 is 1.38 bits per heavy atom. The molecule has 0 fully saturated rings. The van der Waals surface area contributed by atoms with Crippen molar-refractivity contribution in [3.63, 3.8) is 0 Å². The summed E-state index contributed by atoms with van der Waals surface area (Å²) < 4.78 is 16.8. The van der Waals surface area contributed by atoms with E-state index in [9.17, 15) is 4.21 Å². The Morgan fingerprint density at radius 2 is 2.00 bits per heavy atom. The molecule has 0 aromatic rings. The summed E-state index contributed by atoms with van der Waals surface area (Å²) in [5.41, 5.74) is 5.48. The smallest absolute Gasteiger partial charge is 0.0812 e. The van der Waals surface area contributed by atoms with Gasteiger partial charge < -0.3 is 10.5 Å². The maximum atomic E-state index is 11.5. The summed E-state index contributed by atoms with van der Waals surface area (Å²) in [6.45, 7) is 7.15. The van der Waals surface area contributed by atoms with E-state index in [1.54, 1.807) is 0 Å². The molecule has 2 atom stereocenters. The van der Waals surface area contributed by atoms with Gasteiger partial charge in [-0.3, -0.25) is 4.21 Å². The first-order chi connectivity index (χ1) is 6.10. The molecule has 0 rings (SSSR count). The van der Waals surface area contributed by atoms with Crippen LogP contribution in [-0.2, 0) is 15.5 Å². The fourth-order valence-electron chi connectivity index (χ4n) is 1.07. The van der Waals surface area contributed by atoms with Gasteiger partial charge in [0.1, 0.15) is 0 Å². The van der Waals surface area contributed by atoms with Crippen molar-refractivity contribution in [3.8, 4) is 0 Å². The number of hydrogen-bond acceptors (Lipinski definition) is 3. The van der Waals surface area contributed by atoms with Crippen molar-refractivity contribution in [1.29, 1.82) is 0 Å². The molecule has 0 aromatic carbocycles. The molecule has 4 heteroatoms. The van der Waals surface area contributed by atoms with Gasteiger partial charge in [-0.2, -0.15) is 0 Å². The summed E-state index contributed by atoms with van der Waals surface area (Å²) >= 11 is 0. The lowest BCUT2D eigenvalue weighted by Gasteiger charge is -2.14. The lowest BCUT2D eigenvalue weighted by molar-refractivity contribution is 0.0852. The van der Waals surface area contributed by atoms with Gasteiger partial charge in [-0.25, -0.2) is 0 Å². The van der Waals surface area contributed by atoms with Gasteiger partial charge >= 0.3 is 0 Å². The van der Waals surface area contributed by atoms with Crippen LogP contribution >= 0.6 is 0 Å². The second kappa shape index (κ2) is 7.47. The monoisotopic (exact) mass is 207 g/mol. The lowest BCUT2D eigenvalue weighted by atomic mass is 10.3. The van der Waals surface area contributed by atoms with Crippen molar-refractivity contribution < 1.29 is 8.95 Å². The van der Waals surface area contributed by atoms with Crippen LogP contribution in [0.5, 0.6) is 0 Å². The zero-order chi connectivity index (χ0) is 10.3. The Bertz CT molecular complexity index is 151. The fourth-order valence-corrected chi connectivity index (χ4v) is 2.59. The van der Waals surface area contributed by atoms with Crippen molar-refractivity contribution in [1.82, 2.24) is 0 Å². The quantitative estimate of drug-likeness (QED) is 0.670. The van der Waals surface area contributed by atoms with Crippen LogP contribution in [0.4, 0.5) is 0 Å². The third-order valence-electron chi connectivity index (χ3n) is 1.56. The molecule has 13 heavy (non-hydrogen) atoms. The summed E-state index contributed by atoms with van der Waals surface area (Å²) in [6, 6.07) is 0. The second-order valence-corrected chi connectivity index (χ2v) is 5.03. The third kappa shape index (κ3) is 7.16. The van der Waals surface area contributed by atoms with Gasteiger partial charge in [0.15, 0.2) is 0 Å². The van der Waals surface area contributed by atoms with Crippen molar-refractivity contribution in [3.05, 3.63) is 0 Å². The average molecular weight is 207 g/mol. The van der Waals surface area contributed by atoms with E-state index >= 15 is 0 Å². The van der Waals surface area contributed by atoms with E-state index < -0.39 is 10.8 Å². The van der Waals surface area contributed by atoms with Crippen molar-refractivity contribution >= 4 is 10.8 Å². The molecule has 0 heterocycles. The Labute approximate surface area is 83.5 Å². The van der Waals surface area contributed by atoms with E-state index in [1.807, 2.05) is 6.92 Å². The van der Waals surface area contributed by atoms with Crippen LogP contribution in [0.15, 0.2) is 0 Å². The molecule has 0 aliphatic rings. The Balaban J connectivity index is 3.73. The van der Waals surface area contributed by atoms with E-state index in [4.69, 9.17) is 10.5 Å². The molecule has 0 aliphatic heterocycles. The van der Waals surface area contributed by atoms with Gasteiger partial charge in [0, 0.05) is 29.7 Å². The number of hydrogen-bond donors (Lipinski definition) is 1. The lowest BCUT2D eigenvalue weighted by Crippen LogP contribution is -2.30. The molecule has 3 nitrogen and oxygen atoms in total. The highest BCUT2D eigenvalue weighted by molar-refractivity contribution is 7.85. The number of ether oxygens (including phenoxy) is 1. The molecule has 2 N–H and O–H groups in total. The number of nitrogens with two attached hydrogens (primary N) is 1. The van der Waals surface area contributed by atoms with E-state index in [1.165, 1.54) is 0 Å². The minimum atomic E-state index is -0.787. The molecule has 0 spiro atoms. The minimum Gasteiger partial charge on any atom is -0.376 e. The zero-order valence-electron chi connectivity index (χ0n) is 8.79. The van der Waals surface area contributed by atoms with Crippen LogP contribution in [0.2, 0.25) is 0 Å². The van der Waals surface area contributed by atoms with Crippen molar-refractivity contribution in [2.45, 2.75) is 26.9 Å². The minimum absolute atomic E-state index is 0.0374. The highest BCUT2D eigenvalue weighted by Crippen LogP contribution is 2.00. The Hall–Kier alpha value is 0.0700. The summed E-state index contributed by atoms with van der Waals surface area (Å²) in [4.78, 5) is 0. The van der Waals surface area contributed by atoms with Crippen LogP contribution in [0, 0.1) is 5.92 Å². The van der Waals surface area contributed by atoms with E-state index in [0.29, 0.717) is 24.8 Å². The van der Waals surface area contributed by atoms with Gasteiger partial charge in [0.25, 0.3) is 0 Å². The van der Waals surface area contributed by atoms with Crippen molar-refractivity contribution in [2.24, 2.45) is 11.7 Å². The molecular formula is C9H21NO2S. The van der Waals surface area contributed by atoms with Crippen LogP contribution in [-0.4, -0.2) is 35.0 Å². The van der Waals surface area contributed by atoms with Gasteiger partial charge in [-0.05, 0) is 12.8 Å². The predicted octanol–water partition coefficient (Wildman–Crippen LogP) is 0.755. The van der Waals surface area contributed by atoms with E-state index in [2.05, 4.69) is 13.8 Å². The van der Waals surface area contributed by atoms with Crippen LogP contribution < -0.4 is 5.73 Å². The van der Waals surface area contributed by atoms with Gasteiger partial charge in [0.2, 0.25) is 0 Å². The maximum Gasteiger partial charge on any atom is 0.0812 e. The second-order valence-electron chi connectivity index (χ2n) is 3.48. The Morgan fingerprint density at radius 3 is 2.38 bits per heavy atom.